The number of aryl methyl sites for hydroxylation is 1. The highest BCUT2D eigenvalue weighted by Gasteiger charge is 2.34. The third-order valence-electron chi connectivity index (χ3n) is 2.88. The molecule has 3 heteroatoms. The maximum Gasteiger partial charge on any atom is 0.253 e. The highest BCUT2D eigenvalue weighted by Crippen LogP contribution is 2.29. The lowest BCUT2D eigenvalue weighted by atomic mass is 10.1. The molecule has 3 N–H and O–H groups in total. The van der Waals surface area contributed by atoms with Gasteiger partial charge >= 0.3 is 0 Å². The number of anilines is 1. The summed E-state index contributed by atoms with van der Waals surface area (Å²) in [5, 5.41) is 2.96. The van der Waals surface area contributed by atoms with Crippen LogP contribution in [-0.4, -0.2) is 11.9 Å². The predicted molar refractivity (Wildman–Crippen MR) is 60.6 cm³/mol. The van der Waals surface area contributed by atoms with E-state index in [-0.39, 0.29) is 5.91 Å². The van der Waals surface area contributed by atoms with Gasteiger partial charge < -0.3 is 11.1 Å². The minimum atomic E-state index is -0.0538. The molecule has 2 rings (SSSR count). The van der Waals surface area contributed by atoms with Crippen LogP contribution in [0.15, 0.2) is 18.2 Å². The molecule has 15 heavy (non-hydrogen) atoms. The van der Waals surface area contributed by atoms with Crippen LogP contribution in [-0.2, 0) is 0 Å². The van der Waals surface area contributed by atoms with E-state index in [0.29, 0.717) is 23.2 Å². The third-order valence-corrected chi connectivity index (χ3v) is 2.88. The van der Waals surface area contributed by atoms with E-state index in [9.17, 15) is 4.79 Å². The standard InChI is InChI=1S/C12H16N2O/c1-7-3-4-9(10(13)5-7)12(15)14-11-6-8(11)2/h3-5,8,11H,6,13H2,1-2H3,(H,14,15). The third kappa shape index (κ3) is 2.12. The van der Waals surface area contributed by atoms with Gasteiger partial charge in [-0.3, -0.25) is 4.79 Å². The lowest BCUT2D eigenvalue weighted by Crippen LogP contribution is -2.27. The second kappa shape index (κ2) is 3.57. The Kier molecular flexibility index (Phi) is 2.39. The van der Waals surface area contributed by atoms with Gasteiger partial charge in [-0.2, -0.15) is 0 Å². The summed E-state index contributed by atoms with van der Waals surface area (Å²) >= 11 is 0. The van der Waals surface area contributed by atoms with Crippen LogP contribution in [0.3, 0.4) is 0 Å². The fourth-order valence-electron chi connectivity index (χ4n) is 1.66. The van der Waals surface area contributed by atoms with Crippen molar-refractivity contribution in [1.82, 2.24) is 5.32 Å². The molecular weight excluding hydrogens is 188 g/mol. The summed E-state index contributed by atoms with van der Waals surface area (Å²) in [7, 11) is 0. The van der Waals surface area contributed by atoms with Crippen LogP contribution in [0.1, 0.15) is 29.3 Å². The van der Waals surface area contributed by atoms with Crippen LogP contribution in [0, 0.1) is 12.8 Å². The normalized spacial score (nSPS) is 23.6. The monoisotopic (exact) mass is 204 g/mol. The Morgan fingerprint density at radius 3 is 2.73 bits per heavy atom. The fraction of sp³-hybridized carbons (Fsp3) is 0.417. The number of hydrogen-bond donors (Lipinski definition) is 2. The van der Waals surface area contributed by atoms with E-state index < -0.39 is 0 Å². The molecule has 2 atom stereocenters. The molecule has 1 fully saturated rings. The molecule has 0 aliphatic heterocycles. The summed E-state index contributed by atoms with van der Waals surface area (Å²) in [5.74, 6) is 0.558. The van der Waals surface area contributed by atoms with Gasteiger partial charge in [0.25, 0.3) is 5.91 Å². The highest BCUT2D eigenvalue weighted by atomic mass is 16.1. The second-order valence-corrected chi connectivity index (χ2v) is 4.38. The second-order valence-electron chi connectivity index (χ2n) is 4.38. The van der Waals surface area contributed by atoms with Crippen LogP contribution >= 0.6 is 0 Å². The molecule has 0 saturated heterocycles. The average molecular weight is 204 g/mol. The first kappa shape index (κ1) is 10.0. The van der Waals surface area contributed by atoms with Crippen molar-refractivity contribution in [2.45, 2.75) is 26.3 Å². The number of benzene rings is 1. The van der Waals surface area contributed by atoms with Gasteiger partial charge in [0.1, 0.15) is 0 Å². The molecular formula is C12H16N2O. The molecule has 1 amide bonds. The van der Waals surface area contributed by atoms with Crippen LogP contribution in [0.4, 0.5) is 5.69 Å². The Hall–Kier alpha value is -1.51. The van der Waals surface area contributed by atoms with Gasteiger partial charge in [0.2, 0.25) is 0 Å². The Labute approximate surface area is 89.7 Å². The van der Waals surface area contributed by atoms with Gasteiger partial charge in [0.15, 0.2) is 0 Å². The van der Waals surface area contributed by atoms with Crippen LogP contribution in [0.2, 0.25) is 0 Å². The summed E-state index contributed by atoms with van der Waals surface area (Å²) in [6.07, 6.45) is 1.08. The van der Waals surface area contributed by atoms with Gasteiger partial charge in [0.05, 0.1) is 5.56 Å². The average Bonchev–Trinajstić information content (AvgIpc) is 2.81. The predicted octanol–water partition coefficient (Wildman–Crippen LogP) is 1.72. The van der Waals surface area contributed by atoms with Crippen molar-refractivity contribution in [2.24, 2.45) is 5.92 Å². The molecule has 2 unspecified atom stereocenters. The van der Waals surface area contributed by atoms with E-state index in [0.717, 1.165) is 12.0 Å². The van der Waals surface area contributed by atoms with Gasteiger partial charge in [-0.1, -0.05) is 13.0 Å². The summed E-state index contributed by atoms with van der Waals surface area (Å²) in [4.78, 5) is 11.8. The van der Waals surface area contributed by atoms with E-state index in [2.05, 4.69) is 12.2 Å². The summed E-state index contributed by atoms with van der Waals surface area (Å²) < 4.78 is 0. The van der Waals surface area contributed by atoms with Crippen molar-refractivity contribution in [3.63, 3.8) is 0 Å². The molecule has 1 aromatic carbocycles. The number of nitrogens with two attached hydrogens (primary N) is 1. The molecule has 0 radical (unpaired) electrons. The topological polar surface area (TPSA) is 55.1 Å². The van der Waals surface area contributed by atoms with Gasteiger partial charge in [-0.05, 0) is 37.0 Å². The Morgan fingerprint density at radius 1 is 1.53 bits per heavy atom. The number of carbonyl (C=O) groups excluding carboxylic acids is 1. The zero-order chi connectivity index (χ0) is 11.0. The van der Waals surface area contributed by atoms with Crippen molar-refractivity contribution in [2.75, 3.05) is 5.73 Å². The van der Waals surface area contributed by atoms with Crippen LogP contribution < -0.4 is 11.1 Å². The number of carbonyl (C=O) groups is 1. The quantitative estimate of drug-likeness (QED) is 0.721. The molecule has 0 bridgehead atoms. The van der Waals surface area contributed by atoms with Gasteiger partial charge in [-0.25, -0.2) is 0 Å². The minimum absolute atomic E-state index is 0.0538. The maximum absolute atomic E-state index is 11.8. The van der Waals surface area contributed by atoms with E-state index in [1.54, 1.807) is 6.07 Å². The number of nitrogens with one attached hydrogen (secondary N) is 1. The van der Waals surface area contributed by atoms with Crippen molar-refractivity contribution < 1.29 is 4.79 Å². The summed E-state index contributed by atoms with van der Waals surface area (Å²) in [6, 6.07) is 5.86. The highest BCUT2D eigenvalue weighted by molar-refractivity contribution is 5.99. The van der Waals surface area contributed by atoms with Crippen molar-refractivity contribution >= 4 is 11.6 Å². The smallest absolute Gasteiger partial charge is 0.253 e. The van der Waals surface area contributed by atoms with Crippen molar-refractivity contribution in [1.29, 1.82) is 0 Å². The molecule has 3 nitrogen and oxygen atoms in total. The van der Waals surface area contributed by atoms with Crippen LogP contribution in [0.25, 0.3) is 0 Å². The van der Waals surface area contributed by atoms with Gasteiger partial charge in [0, 0.05) is 11.7 Å². The summed E-state index contributed by atoms with van der Waals surface area (Å²) in [6.45, 7) is 4.09. The van der Waals surface area contributed by atoms with Crippen molar-refractivity contribution in [3.8, 4) is 0 Å². The number of amides is 1. The molecule has 1 aliphatic carbocycles. The lowest BCUT2D eigenvalue weighted by molar-refractivity contribution is 0.0950. The molecule has 0 aromatic heterocycles. The number of nitrogen functional groups attached to an aromatic ring is 1. The number of hydrogen-bond acceptors (Lipinski definition) is 2. The van der Waals surface area contributed by atoms with E-state index in [4.69, 9.17) is 5.73 Å². The maximum atomic E-state index is 11.8. The largest absolute Gasteiger partial charge is 0.398 e. The van der Waals surface area contributed by atoms with E-state index >= 15 is 0 Å². The molecule has 1 aliphatic rings. The molecule has 80 valence electrons. The SMILES string of the molecule is Cc1ccc(C(=O)NC2CC2C)c(N)c1. The summed E-state index contributed by atoms with van der Waals surface area (Å²) in [5.41, 5.74) is 8.00. The zero-order valence-electron chi connectivity index (χ0n) is 9.08. The Balaban J connectivity index is 2.11. The Bertz CT molecular complexity index is 401. The van der Waals surface area contributed by atoms with Crippen molar-refractivity contribution in [3.05, 3.63) is 29.3 Å². The first-order valence-corrected chi connectivity index (χ1v) is 5.25. The lowest BCUT2D eigenvalue weighted by Gasteiger charge is -2.07. The first-order chi connectivity index (χ1) is 7.08. The van der Waals surface area contributed by atoms with E-state index in [1.807, 2.05) is 19.1 Å². The molecule has 0 spiro atoms. The number of rotatable bonds is 2. The fourth-order valence-corrected chi connectivity index (χ4v) is 1.66. The molecule has 0 heterocycles. The molecule has 1 aromatic rings. The van der Waals surface area contributed by atoms with Crippen LogP contribution in [0.5, 0.6) is 0 Å². The van der Waals surface area contributed by atoms with Gasteiger partial charge in [-0.15, -0.1) is 0 Å². The molecule has 1 saturated carbocycles. The first-order valence-electron chi connectivity index (χ1n) is 5.25. The zero-order valence-corrected chi connectivity index (χ0v) is 9.08. The Morgan fingerprint density at radius 2 is 2.20 bits per heavy atom. The van der Waals surface area contributed by atoms with E-state index in [1.165, 1.54) is 0 Å². The minimum Gasteiger partial charge on any atom is -0.398 e.